The summed E-state index contributed by atoms with van der Waals surface area (Å²) < 4.78 is 0. The molecule has 1 aliphatic rings. The van der Waals surface area contributed by atoms with Crippen LogP contribution in [0.1, 0.15) is 30.0 Å². The Kier molecular flexibility index (Phi) is 2.50. The van der Waals surface area contributed by atoms with Crippen LogP contribution in [0, 0.1) is 0 Å². The molecule has 1 fully saturated rings. The van der Waals surface area contributed by atoms with E-state index in [-0.39, 0.29) is 18.6 Å². The van der Waals surface area contributed by atoms with Gasteiger partial charge in [-0.25, -0.2) is 0 Å². The van der Waals surface area contributed by atoms with Crippen LogP contribution in [-0.4, -0.2) is 11.0 Å². The van der Waals surface area contributed by atoms with E-state index < -0.39 is 0 Å². The molecule has 1 amide bonds. The first kappa shape index (κ1) is 9.21. The Labute approximate surface area is 82.8 Å². The van der Waals surface area contributed by atoms with E-state index in [0.29, 0.717) is 6.42 Å². The zero-order valence-electron chi connectivity index (χ0n) is 7.86. The molecule has 1 saturated heterocycles. The average Bonchev–Trinajstić information content (AvgIpc) is 2.65. The lowest BCUT2D eigenvalue weighted by Crippen LogP contribution is -2.18. The highest BCUT2D eigenvalue weighted by Gasteiger charge is 2.21. The van der Waals surface area contributed by atoms with Gasteiger partial charge in [0.05, 0.1) is 12.6 Å². The van der Waals surface area contributed by atoms with E-state index in [2.05, 4.69) is 5.32 Å². The van der Waals surface area contributed by atoms with Crippen LogP contribution in [0.15, 0.2) is 24.3 Å². The zero-order valence-corrected chi connectivity index (χ0v) is 7.86. The first-order valence-electron chi connectivity index (χ1n) is 4.78. The Morgan fingerprint density at radius 3 is 2.57 bits per heavy atom. The summed E-state index contributed by atoms with van der Waals surface area (Å²) in [6.07, 6.45) is 1.49. The van der Waals surface area contributed by atoms with Gasteiger partial charge in [-0.15, -0.1) is 0 Å². The van der Waals surface area contributed by atoms with Gasteiger partial charge >= 0.3 is 0 Å². The van der Waals surface area contributed by atoms with Gasteiger partial charge in [-0.05, 0) is 17.5 Å². The summed E-state index contributed by atoms with van der Waals surface area (Å²) in [7, 11) is 0. The topological polar surface area (TPSA) is 49.3 Å². The lowest BCUT2D eigenvalue weighted by atomic mass is 10.0. The van der Waals surface area contributed by atoms with Crippen molar-refractivity contribution >= 4 is 5.91 Å². The zero-order chi connectivity index (χ0) is 9.97. The standard InChI is InChI=1S/C11H13NO2/c13-7-8-1-3-9(4-2-8)10-5-6-11(14)12-10/h1-4,10,13H,5-7H2,(H,12,14)/t10-/m0/s1. The lowest BCUT2D eigenvalue weighted by Gasteiger charge is -2.10. The van der Waals surface area contributed by atoms with Gasteiger partial charge in [0.25, 0.3) is 0 Å². The molecular formula is C11H13NO2. The molecule has 0 spiro atoms. The average molecular weight is 191 g/mol. The molecule has 0 bridgehead atoms. The number of aliphatic hydroxyl groups excluding tert-OH is 1. The predicted octanol–water partition coefficient (Wildman–Crippen LogP) is 1.13. The Morgan fingerprint density at radius 1 is 1.36 bits per heavy atom. The minimum Gasteiger partial charge on any atom is -0.392 e. The van der Waals surface area contributed by atoms with Crippen LogP contribution in [0.2, 0.25) is 0 Å². The van der Waals surface area contributed by atoms with Crippen LogP contribution >= 0.6 is 0 Å². The summed E-state index contributed by atoms with van der Waals surface area (Å²) in [4.78, 5) is 11.0. The Morgan fingerprint density at radius 2 is 2.07 bits per heavy atom. The van der Waals surface area contributed by atoms with Crippen molar-refractivity contribution in [3.63, 3.8) is 0 Å². The molecule has 3 heteroatoms. The third-order valence-electron chi connectivity index (χ3n) is 2.56. The predicted molar refractivity (Wildman–Crippen MR) is 52.5 cm³/mol. The van der Waals surface area contributed by atoms with E-state index in [1.807, 2.05) is 24.3 Å². The summed E-state index contributed by atoms with van der Waals surface area (Å²) in [5.74, 6) is 0.126. The van der Waals surface area contributed by atoms with Gasteiger partial charge in [0.2, 0.25) is 5.91 Å². The normalized spacial score (nSPS) is 20.9. The molecule has 1 atom stereocenters. The van der Waals surface area contributed by atoms with Crippen molar-refractivity contribution in [2.75, 3.05) is 0 Å². The summed E-state index contributed by atoms with van der Waals surface area (Å²) in [6.45, 7) is 0.0668. The van der Waals surface area contributed by atoms with Crippen LogP contribution in [0.25, 0.3) is 0 Å². The van der Waals surface area contributed by atoms with Crippen molar-refractivity contribution in [1.82, 2.24) is 5.32 Å². The maximum Gasteiger partial charge on any atom is 0.220 e. The molecule has 1 aliphatic heterocycles. The van der Waals surface area contributed by atoms with E-state index in [0.717, 1.165) is 17.5 Å². The Balaban J connectivity index is 2.13. The molecule has 2 N–H and O–H groups in total. The first-order valence-corrected chi connectivity index (χ1v) is 4.78. The van der Waals surface area contributed by atoms with Gasteiger partial charge in [-0.3, -0.25) is 4.79 Å². The second-order valence-electron chi connectivity index (χ2n) is 3.56. The second-order valence-corrected chi connectivity index (χ2v) is 3.56. The molecule has 1 aromatic carbocycles. The van der Waals surface area contributed by atoms with Crippen molar-refractivity contribution in [2.24, 2.45) is 0 Å². The highest BCUT2D eigenvalue weighted by molar-refractivity contribution is 5.78. The summed E-state index contributed by atoms with van der Waals surface area (Å²) in [5, 5.41) is 11.8. The van der Waals surface area contributed by atoms with Gasteiger partial charge in [-0.2, -0.15) is 0 Å². The lowest BCUT2D eigenvalue weighted by molar-refractivity contribution is -0.119. The Bertz CT molecular complexity index is 332. The smallest absolute Gasteiger partial charge is 0.220 e. The monoisotopic (exact) mass is 191 g/mol. The van der Waals surface area contributed by atoms with E-state index in [4.69, 9.17) is 5.11 Å². The van der Waals surface area contributed by atoms with Crippen LogP contribution < -0.4 is 5.32 Å². The summed E-state index contributed by atoms with van der Waals surface area (Å²) in [6, 6.07) is 7.86. The number of carbonyl (C=O) groups is 1. The minimum absolute atomic E-state index is 0.0668. The molecule has 0 aromatic heterocycles. The molecule has 2 rings (SSSR count). The number of carbonyl (C=O) groups excluding carboxylic acids is 1. The summed E-state index contributed by atoms with van der Waals surface area (Å²) in [5.41, 5.74) is 2.02. The molecule has 3 nitrogen and oxygen atoms in total. The van der Waals surface area contributed by atoms with Crippen molar-refractivity contribution < 1.29 is 9.90 Å². The van der Waals surface area contributed by atoms with E-state index in [9.17, 15) is 4.79 Å². The van der Waals surface area contributed by atoms with Crippen molar-refractivity contribution in [1.29, 1.82) is 0 Å². The second kappa shape index (κ2) is 3.80. The van der Waals surface area contributed by atoms with Crippen LogP contribution in [0.4, 0.5) is 0 Å². The molecule has 14 heavy (non-hydrogen) atoms. The molecular weight excluding hydrogens is 178 g/mol. The number of benzene rings is 1. The summed E-state index contributed by atoms with van der Waals surface area (Å²) >= 11 is 0. The maximum atomic E-state index is 11.0. The number of aliphatic hydroxyl groups is 1. The van der Waals surface area contributed by atoms with E-state index in [1.54, 1.807) is 0 Å². The van der Waals surface area contributed by atoms with Crippen LogP contribution in [0.5, 0.6) is 0 Å². The molecule has 1 aromatic rings. The molecule has 0 aliphatic carbocycles. The molecule has 0 saturated carbocycles. The first-order chi connectivity index (χ1) is 6.79. The third-order valence-corrected chi connectivity index (χ3v) is 2.56. The van der Waals surface area contributed by atoms with Gasteiger partial charge in [0, 0.05) is 6.42 Å². The highest BCUT2D eigenvalue weighted by atomic mass is 16.3. The van der Waals surface area contributed by atoms with Gasteiger partial charge in [0.15, 0.2) is 0 Å². The van der Waals surface area contributed by atoms with Gasteiger partial charge in [0.1, 0.15) is 0 Å². The number of rotatable bonds is 2. The van der Waals surface area contributed by atoms with Gasteiger partial charge in [-0.1, -0.05) is 24.3 Å². The molecule has 74 valence electrons. The minimum atomic E-state index is 0.0668. The third kappa shape index (κ3) is 1.77. The number of hydrogen-bond acceptors (Lipinski definition) is 2. The fourth-order valence-corrected chi connectivity index (χ4v) is 1.72. The van der Waals surface area contributed by atoms with E-state index in [1.165, 1.54) is 0 Å². The fraction of sp³-hybridized carbons (Fsp3) is 0.364. The van der Waals surface area contributed by atoms with Crippen molar-refractivity contribution in [3.8, 4) is 0 Å². The van der Waals surface area contributed by atoms with Crippen LogP contribution in [0.3, 0.4) is 0 Å². The molecule has 0 unspecified atom stereocenters. The maximum absolute atomic E-state index is 11.0. The van der Waals surface area contributed by atoms with E-state index >= 15 is 0 Å². The quantitative estimate of drug-likeness (QED) is 0.736. The highest BCUT2D eigenvalue weighted by Crippen LogP contribution is 2.23. The molecule has 1 heterocycles. The number of nitrogens with one attached hydrogen (secondary N) is 1. The van der Waals surface area contributed by atoms with Gasteiger partial charge < -0.3 is 10.4 Å². The molecule has 0 radical (unpaired) electrons. The SMILES string of the molecule is O=C1CC[C@@H](c2ccc(CO)cc2)N1. The Hall–Kier alpha value is -1.35. The number of amides is 1. The fourth-order valence-electron chi connectivity index (χ4n) is 1.72. The largest absolute Gasteiger partial charge is 0.392 e. The number of hydrogen-bond donors (Lipinski definition) is 2. The van der Waals surface area contributed by atoms with Crippen molar-refractivity contribution in [2.45, 2.75) is 25.5 Å². The van der Waals surface area contributed by atoms with Crippen LogP contribution in [-0.2, 0) is 11.4 Å². The van der Waals surface area contributed by atoms with Crippen molar-refractivity contribution in [3.05, 3.63) is 35.4 Å².